The maximum absolute atomic E-state index is 5.01. The van der Waals surface area contributed by atoms with Crippen molar-refractivity contribution in [3.63, 3.8) is 0 Å². The topological polar surface area (TPSA) is 21.3 Å². The molecule has 2 heteroatoms. The second kappa shape index (κ2) is 6.39. The molecule has 0 aromatic carbocycles. The minimum Gasteiger partial charge on any atom is -0.385 e. The van der Waals surface area contributed by atoms with Gasteiger partial charge in [-0.3, -0.25) is 0 Å². The van der Waals surface area contributed by atoms with E-state index in [1.807, 2.05) is 0 Å². The molecule has 1 aliphatic carbocycles. The molecule has 0 aromatic rings. The van der Waals surface area contributed by atoms with Crippen molar-refractivity contribution in [2.24, 2.45) is 5.92 Å². The number of ether oxygens (including phenoxy) is 1. The molecule has 0 unspecified atom stereocenters. The van der Waals surface area contributed by atoms with Gasteiger partial charge in [0, 0.05) is 19.8 Å². The molecule has 13 heavy (non-hydrogen) atoms. The fourth-order valence-electron chi connectivity index (χ4n) is 2.11. The molecule has 78 valence electrons. The van der Waals surface area contributed by atoms with Gasteiger partial charge in [-0.15, -0.1) is 0 Å². The van der Waals surface area contributed by atoms with Crippen LogP contribution in [0.2, 0.25) is 0 Å². The van der Waals surface area contributed by atoms with E-state index in [-0.39, 0.29) is 0 Å². The van der Waals surface area contributed by atoms with E-state index in [4.69, 9.17) is 4.74 Å². The van der Waals surface area contributed by atoms with Crippen LogP contribution in [0.3, 0.4) is 0 Å². The first kappa shape index (κ1) is 11.0. The average molecular weight is 185 g/mol. The normalized spacial score (nSPS) is 28.2. The molecule has 1 rings (SSSR count). The summed E-state index contributed by atoms with van der Waals surface area (Å²) in [5.41, 5.74) is 0. The summed E-state index contributed by atoms with van der Waals surface area (Å²) < 4.78 is 5.01. The molecule has 0 heterocycles. The van der Waals surface area contributed by atoms with Gasteiger partial charge in [0.1, 0.15) is 0 Å². The van der Waals surface area contributed by atoms with Gasteiger partial charge in [-0.2, -0.15) is 0 Å². The fourth-order valence-corrected chi connectivity index (χ4v) is 2.11. The van der Waals surface area contributed by atoms with Crippen molar-refractivity contribution in [1.82, 2.24) is 5.32 Å². The third kappa shape index (κ3) is 4.10. The van der Waals surface area contributed by atoms with E-state index in [2.05, 4.69) is 12.2 Å². The van der Waals surface area contributed by atoms with E-state index >= 15 is 0 Å². The van der Waals surface area contributed by atoms with Gasteiger partial charge in [0.25, 0.3) is 0 Å². The summed E-state index contributed by atoms with van der Waals surface area (Å²) in [5, 5.41) is 3.63. The molecule has 0 bridgehead atoms. The highest BCUT2D eigenvalue weighted by molar-refractivity contribution is 4.79. The Bertz CT molecular complexity index is 127. The Morgan fingerprint density at radius 1 is 1.31 bits per heavy atom. The largest absolute Gasteiger partial charge is 0.385 e. The third-order valence-electron chi connectivity index (χ3n) is 3.04. The molecule has 0 spiro atoms. The molecule has 1 saturated carbocycles. The van der Waals surface area contributed by atoms with E-state index in [1.54, 1.807) is 7.11 Å². The van der Waals surface area contributed by atoms with Crippen molar-refractivity contribution in [3.05, 3.63) is 0 Å². The highest BCUT2D eigenvalue weighted by Crippen LogP contribution is 2.24. The minimum atomic E-state index is 0.794. The molecule has 1 N–H and O–H groups in total. The van der Waals surface area contributed by atoms with Crippen LogP contribution >= 0.6 is 0 Å². The molecule has 0 aromatic heterocycles. The molecule has 0 amide bonds. The van der Waals surface area contributed by atoms with Crippen LogP contribution in [0.25, 0.3) is 0 Å². The third-order valence-corrected chi connectivity index (χ3v) is 3.04. The Labute approximate surface area is 82.0 Å². The predicted molar refractivity (Wildman–Crippen MR) is 55.9 cm³/mol. The summed E-state index contributed by atoms with van der Waals surface area (Å²) >= 11 is 0. The highest BCUT2D eigenvalue weighted by Gasteiger charge is 2.21. The fraction of sp³-hybridized carbons (Fsp3) is 1.00. The van der Waals surface area contributed by atoms with Crippen molar-refractivity contribution in [1.29, 1.82) is 0 Å². The van der Waals surface area contributed by atoms with E-state index < -0.39 is 0 Å². The lowest BCUT2D eigenvalue weighted by molar-refractivity contribution is 0.192. The minimum absolute atomic E-state index is 0.794. The Kier molecular flexibility index (Phi) is 5.40. The number of hydrogen-bond acceptors (Lipinski definition) is 2. The van der Waals surface area contributed by atoms with Gasteiger partial charge in [0.2, 0.25) is 0 Å². The Morgan fingerprint density at radius 3 is 2.77 bits per heavy atom. The number of unbranched alkanes of at least 4 members (excludes halogenated alkanes) is 1. The van der Waals surface area contributed by atoms with Crippen molar-refractivity contribution >= 4 is 0 Å². The number of methoxy groups -OCH3 is 1. The quantitative estimate of drug-likeness (QED) is 0.640. The first-order valence-corrected chi connectivity index (χ1v) is 5.57. The highest BCUT2D eigenvalue weighted by atomic mass is 16.5. The maximum Gasteiger partial charge on any atom is 0.0462 e. The van der Waals surface area contributed by atoms with Crippen LogP contribution in [0.5, 0.6) is 0 Å². The first-order chi connectivity index (χ1) is 6.34. The van der Waals surface area contributed by atoms with Crippen LogP contribution < -0.4 is 5.32 Å². The van der Waals surface area contributed by atoms with E-state index in [1.165, 1.54) is 38.6 Å². The first-order valence-electron chi connectivity index (χ1n) is 5.57. The van der Waals surface area contributed by atoms with Gasteiger partial charge >= 0.3 is 0 Å². The number of hydrogen-bond donors (Lipinski definition) is 1. The summed E-state index contributed by atoms with van der Waals surface area (Å²) in [4.78, 5) is 0. The maximum atomic E-state index is 5.01. The zero-order chi connectivity index (χ0) is 9.52. The molecular weight excluding hydrogens is 162 g/mol. The van der Waals surface area contributed by atoms with Gasteiger partial charge in [-0.1, -0.05) is 13.3 Å². The Balaban J connectivity index is 1.93. The van der Waals surface area contributed by atoms with Gasteiger partial charge in [0.15, 0.2) is 0 Å². The van der Waals surface area contributed by atoms with Crippen molar-refractivity contribution < 1.29 is 4.74 Å². The van der Waals surface area contributed by atoms with Gasteiger partial charge in [0.05, 0.1) is 0 Å². The van der Waals surface area contributed by atoms with E-state index in [0.29, 0.717) is 0 Å². The smallest absolute Gasteiger partial charge is 0.0462 e. The summed E-state index contributed by atoms with van der Waals surface area (Å²) in [6.07, 6.45) is 6.64. The van der Waals surface area contributed by atoms with Crippen LogP contribution in [0.15, 0.2) is 0 Å². The summed E-state index contributed by atoms with van der Waals surface area (Å²) in [7, 11) is 1.77. The zero-order valence-corrected chi connectivity index (χ0v) is 9.01. The number of nitrogens with one attached hydrogen (secondary N) is 1. The van der Waals surface area contributed by atoms with Gasteiger partial charge in [-0.25, -0.2) is 0 Å². The number of rotatable bonds is 6. The molecule has 0 saturated heterocycles. The standard InChI is InChI=1S/C11H23NO/c1-10-6-5-7-11(10)12-8-3-4-9-13-2/h10-12H,3-9H2,1-2H3/t10-,11-/m0/s1. The predicted octanol–water partition coefficient (Wildman–Crippen LogP) is 2.19. The molecule has 1 fully saturated rings. The van der Waals surface area contributed by atoms with Crippen LogP contribution in [0.1, 0.15) is 39.0 Å². The van der Waals surface area contributed by atoms with Crippen molar-refractivity contribution in [2.75, 3.05) is 20.3 Å². The molecule has 2 atom stereocenters. The van der Waals surface area contributed by atoms with Crippen LogP contribution in [0, 0.1) is 5.92 Å². The van der Waals surface area contributed by atoms with Crippen molar-refractivity contribution in [2.45, 2.75) is 45.1 Å². The van der Waals surface area contributed by atoms with E-state index in [9.17, 15) is 0 Å². The van der Waals surface area contributed by atoms with E-state index in [0.717, 1.165) is 18.6 Å². The Morgan fingerprint density at radius 2 is 2.15 bits per heavy atom. The average Bonchev–Trinajstić information content (AvgIpc) is 2.52. The van der Waals surface area contributed by atoms with Gasteiger partial charge in [-0.05, 0) is 38.1 Å². The summed E-state index contributed by atoms with van der Waals surface area (Å²) in [6.45, 7) is 4.43. The van der Waals surface area contributed by atoms with Crippen LogP contribution in [-0.4, -0.2) is 26.3 Å². The zero-order valence-electron chi connectivity index (χ0n) is 9.01. The lowest BCUT2D eigenvalue weighted by Gasteiger charge is -2.16. The second-order valence-electron chi connectivity index (χ2n) is 4.17. The van der Waals surface area contributed by atoms with Crippen LogP contribution in [0.4, 0.5) is 0 Å². The Hall–Kier alpha value is -0.0800. The second-order valence-corrected chi connectivity index (χ2v) is 4.17. The van der Waals surface area contributed by atoms with Gasteiger partial charge < -0.3 is 10.1 Å². The SMILES string of the molecule is COCCCCN[C@H]1CCC[C@@H]1C. The lowest BCUT2D eigenvalue weighted by Crippen LogP contribution is -2.31. The monoisotopic (exact) mass is 185 g/mol. The molecule has 0 aliphatic heterocycles. The van der Waals surface area contributed by atoms with Crippen LogP contribution in [-0.2, 0) is 4.74 Å². The molecule has 2 nitrogen and oxygen atoms in total. The molecular formula is C11H23NO. The lowest BCUT2D eigenvalue weighted by atomic mass is 10.1. The summed E-state index contributed by atoms with van der Waals surface area (Å²) in [6, 6.07) is 0.794. The molecule has 1 aliphatic rings. The summed E-state index contributed by atoms with van der Waals surface area (Å²) in [5.74, 6) is 0.891. The molecule has 0 radical (unpaired) electrons. The van der Waals surface area contributed by atoms with Crippen molar-refractivity contribution in [3.8, 4) is 0 Å².